The van der Waals surface area contributed by atoms with Crippen LogP contribution < -0.4 is 9.08 Å². The fourth-order valence-electron chi connectivity index (χ4n) is 3.48. The van der Waals surface area contributed by atoms with Gasteiger partial charge in [-0.15, -0.1) is 5.10 Å². The van der Waals surface area contributed by atoms with Crippen molar-refractivity contribution in [2.45, 2.75) is 42.3 Å². The van der Waals surface area contributed by atoms with Crippen LogP contribution in [0.3, 0.4) is 0 Å². The van der Waals surface area contributed by atoms with Gasteiger partial charge in [0.05, 0.1) is 23.4 Å². The SMILES string of the molecule is CCOC(=O)/C=C1/S/C(=N\N=C\c2ccc(OS(=O)(=O)C(F)(F)C(F)(F)C(F)(F)C(F)(F)C(F)C(F)(F)F)cc2)N(c2ccccc2)C1=O. The number of hydrogen-bond acceptors (Lipinski definition) is 9. The van der Waals surface area contributed by atoms with Crippen molar-refractivity contribution in [3.8, 4) is 5.75 Å². The van der Waals surface area contributed by atoms with Crippen LogP contribution in [-0.4, -0.2) is 73.7 Å². The van der Waals surface area contributed by atoms with Gasteiger partial charge in [-0.1, -0.05) is 18.2 Å². The number of hydrogen-bond donors (Lipinski definition) is 0. The number of amides is 1. The summed E-state index contributed by atoms with van der Waals surface area (Å²) >= 11 is 0.707. The molecule has 1 heterocycles. The summed E-state index contributed by atoms with van der Waals surface area (Å²) in [6.45, 7) is 1.55. The van der Waals surface area contributed by atoms with Crippen molar-refractivity contribution in [2.24, 2.45) is 10.2 Å². The smallest absolute Gasteiger partial charge is 0.449 e. The minimum absolute atomic E-state index is 0.0147. The molecule has 1 unspecified atom stereocenters. The molecule has 2 aromatic rings. The van der Waals surface area contributed by atoms with E-state index in [4.69, 9.17) is 4.74 Å². The second-order valence-electron chi connectivity index (χ2n) is 9.27. The Hall–Kier alpha value is -4.28. The molecule has 1 saturated heterocycles. The van der Waals surface area contributed by atoms with Gasteiger partial charge in [0.15, 0.2) is 0 Å². The van der Waals surface area contributed by atoms with Crippen molar-refractivity contribution in [3.05, 3.63) is 71.1 Å². The van der Waals surface area contributed by atoms with Crippen molar-refractivity contribution in [1.29, 1.82) is 0 Å². The maximum Gasteiger partial charge on any atom is 0.449 e. The number of benzene rings is 2. The lowest BCUT2D eigenvalue weighted by Gasteiger charge is -2.37. The Morgan fingerprint density at radius 2 is 1.49 bits per heavy atom. The predicted molar refractivity (Wildman–Crippen MR) is 148 cm³/mol. The summed E-state index contributed by atoms with van der Waals surface area (Å²) in [5.74, 6) is -26.2. The molecule has 49 heavy (non-hydrogen) atoms. The Labute approximate surface area is 271 Å². The third-order valence-electron chi connectivity index (χ3n) is 5.89. The number of rotatable bonds is 12. The molecule has 23 heteroatoms. The third kappa shape index (κ3) is 7.65. The Morgan fingerprint density at radius 3 is 2.02 bits per heavy atom. The molecule has 3 rings (SSSR count). The summed E-state index contributed by atoms with van der Waals surface area (Å²) in [5, 5.41) is 0.126. The highest BCUT2D eigenvalue weighted by Gasteiger charge is 2.88. The van der Waals surface area contributed by atoms with E-state index in [9.17, 15) is 70.7 Å². The lowest BCUT2D eigenvalue weighted by Crippen LogP contribution is -2.68. The number of carbonyl (C=O) groups excluding carboxylic acids is 2. The Bertz CT molecular complexity index is 1750. The van der Waals surface area contributed by atoms with Crippen LogP contribution in [0, 0.1) is 0 Å². The molecule has 0 bridgehead atoms. The van der Waals surface area contributed by atoms with E-state index in [2.05, 4.69) is 14.4 Å². The average molecular weight is 760 g/mol. The van der Waals surface area contributed by atoms with E-state index in [1.54, 1.807) is 18.2 Å². The molecule has 0 aliphatic carbocycles. The molecule has 268 valence electrons. The Kier molecular flexibility index (Phi) is 11.1. The normalized spacial score (nSPS) is 17.7. The molecular weight excluding hydrogens is 742 g/mol. The molecule has 0 radical (unpaired) electrons. The van der Waals surface area contributed by atoms with Crippen molar-refractivity contribution < 1.29 is 79.6 Å². The second kappa shape index (κ2) is 13.9. The summed E-state index contributed by atoms with van der Waals surface area (Å²) in [5.41, 5.74) is 0.235. The summed E-state index contributed by atoms with van der Waals surface area (Å²) < 4.78 is 193. The van der Waals surface area contributed by atoms with Gasteiger partial charge in [-0.05, 0) is 60.6 Å². The van der Waals surface area contributed by atoms with Crippen LogP contribution in [0.1, 0.15) is 12.5 Å². The number of halogens is 12. The maximum atomic E-state index is 14.2. The monoisotopic (exact) mass is 759 g/mol. The van der Waals surface area contributed by atoms with E-state index in [1.165, 1.54) is 19.1 Å². The summed E-state index contributed by atoms with van der Waals surface area (Å²) in [7, 11) is -7.41. The van der Waals surface area contributed by atoms with Crippen molar-refractivity contribution in [3.63, 3.8) is 0 Å². The number of para-hydroxylation sites is 1. The molecule has 1 aliphatic heterocycles. The van der Waals surface area contributed by atoms with Crippen LogP contribution in [0.2, 0.25) is 0 Å². The fraction of sp³-hybridized carbons (Fsp3) is 0.308. The molecule has 1 amide bonds. The van der Waals surface area contributed by atoms with Gasteiger partial charge in [0, 0.05) is 6.08 Å². The van der Waals surface area contributed by atoms with Gasteiger partial charge in [0.2, 0.25) is 5.17 Å². The van der Waals surface area contributed by atoms with Crippen LogP contribution >= 0.6 is 11.8 Å². The molecule has 1 aliphatic rings. The van der Waals surface area contributed by atoms with E-state index in [0.29, 0.717) is 29.6 Å². The zero-order valence-corrected chi connectivity index (χ0v) is 25.4. The molecule has 1 atom stereocenters. The average Bonchev–Trinajstić information content (AvgIpc) is 3.31. The van der Waals surface area contributed by atoms with E-state index in [1.807, 2.05) is 0 Å². The molecule has 0 N–H and O–H groups in total. The summed E-state index contributed by atoms with van der Waals surface area (Å²) in [4.78, 5) is 25.8. The van der Waals surface area contributed by atoms with E-state index in [0.717, 1.165) is 29.3 Å². The van der Waals surface area contributed by atoms with E-state index >= 15 is 0 Å². The predicted octanol–water partition coefficient (Wildman–Crippen LogP) is 6.71. The van der Waals surface area contributed by atoms with Gasteiger partial charge in [-0.3, -0.25) is 9.69 Å². The topological polar surface area (TPSA) is 115 Å². The Balaban J connectivity index is 1.84. The molecule has 1 fully saturated rings. The minimum Gasteiger partial charge on any atom is -0.463 e. The first-order chi connectivity index (χ1) is 22.4. The third-order valence-corrected chi connectivity index (χ3v) is 8.15. The van der Waals surface area contributed by atoms with Crippen molar-refractivity contribution in [1.82, 2.24) is 0 Å². The van der Waals surface area contributed by atoms with Gasteiger partial charge in [-0.2, -0.15) is 61.8 Å². The first kappa shape index (κ1) is 39.2. The molecule has 0 spiro atoms. The van der Waals surface area contributed by atoms with Crippen LogP contribution in [0.25, 0.3) is 0 Å². The van der Waals surface area contributed by atoms with Crippen LogP contribution in [0.5, 0.6) is 5.75 Å². The zero-order valence-electron chi connectivity index (χ0n) is 23.8. The van der Waals surface area contributed by atoms with Gasteiger partial charge in [0.1, 0.15) is 5.75 Å². The number of anilines is 1. The van der Waals surface area contributed by atoms with Crippen LogP contribution in [-0.2, 0) is 24.4 Å². The minimum atomic E-state index is -7.93. The fourth-order valence-corrected chi connectivity index (χ4v) is 5.29. The lowest BCUT2D eigenvalue weighted by molar-refractivity contribution is -0.380. The largest absolute Gasteiger partial charge is 0.463 e. The molecule has 0 saturated carbocycles. The Morgan fingerprint density at radius 1 is 0.918 bits per heavy atom. The van der Waals surface area contributed by atoms with Crippen LogP contribution in [0.15, 0.2) is 75.8 Å². The number of esters is 1. The molecule has 0 aromatic heterocycles. The summed E-state index contributed by atoms with van der Waals surface area (Å²) in [6.07, 6.45) is -11.2. The molecule has 2 aromatic carbocycles. The quantitative estimate of drug-likeness (QED) is 0.0591. The highest BCUT2D eigenvalue weighted by atomic mass is 32.2. The first-order valence-electron chi connectivity index (χ1n) is 12.7. The number of ether oxygens (including phenoxy) is 1. The summed E-state index contributed by atoms with van der Waals surface area (Å²) in [6, 6.07) is 10.4. The maximum absolute atomic E-state index is 14.2. The number of thioether (sulfide) groups is 1. The molecular formula is C26H17F12N3O6S2. The molecule has 9 nitrogen and oxygen atoms in total. The lowest BCUT2D eigenvalue weighted by atomic mass is 10.00. The second-order valence-corrected chi connectivity index (χ2v) is 11.9. The number of alkyl halides is 12. The number of carbonyl (C=O) groups is 2. The standard InChI is InChI=1S/C26H17F12N3O6S2/c1-2-46-18(42)12-17-19(43)41(15-6-4-3-5-7-15)21(48-17)40-39-13-14-8-10-16(11-9-14)47-49(44,45)26(37,38)25(35,36)24(33,34)22(28,29)20(27)23(30,31)32/h3-13,20H,2H2,1H3/b17-12+,39-13+,40-21-. The highest BCUT2D eigenvalue weighted by molar-refractivity contribution is 8.19. The van der Waals surface area contributed by atoms with Gasteiger partial charge in [-0.25, -0.2) is 9.18 Å². The van der Waals surface area contributed by atoms with E-state index < -0.39 is 63.1 Å². The van der Waals surface area contributed by atoms with Gasteiger partial charge >= 0.3 is 45.3 Å². The van der Waals surface area contributed by atoms with Crippen molar-refractivity contribution in [2.75, 3.05) is 11.5 Å². The number of amidine groups is 1. The van der Waals surface area contributed by atoms with Crippen molar-refractivity contribution >= 4 is 50.8 Å². The van der Waals surface area contributed by atoms with E-state index in [-0.39, 0.29) is 22.2 Å². The van der Waals surface area contributed by atoms with Gasteiger partial charge < -0.3 is 8.92 Å². The number of nitrogens with zero attached hydrogens (tertiary/aromatic N) is 3. The first-order valence-corrected chi connectivity index (χ1v) is 15.0. The zero-order chi connectivity index (χ0) is 37.2. The van der Waals surface area contributed by atoms with Crippen LogP contribution in [0.4, 0.5) is 58.4 Å². The highest BCUT2D eigenvalue weighted by Crippen LogP contribution is 2.57. The van der Waals surface area contributed by atoms with Gasteiger partial charge in [0.25, 0.3) is 12.1 Å².